The highest BCUT2D eigenvalue weighted by Gasteiger charge is 2.12. The molecule has 0 bridgehead atoms. The highest BCUT2D eigenvalue weighted by atomic mass is 16.5. The Morgan fingerprint density at radius 3 is 2.29 bits per heavy atom. The zero-order valence-corrected chi connectivity index (χ0v) is 8.15. The summed E-state index contributed by atoms with van der Waals surface area (Å²) >= 11 is 0. The van der Waals surface area contributed by atoms with E-state index in [4.69, 9.17) is 5.21 Å². The molecule has 0 fully saturated rings. The summed E-state index contributed by atoms with van der Waals surface area (Å²) in [5.74, 6) is -1.07. The number of rotatable bonds is 5. The van der Waals surface area contributed by atoms with Gasteiger partial charge in [0.1, 0.15) is 0 Å². The molecule has 0 heterocycles. The molecule has 1 N–H and O–H groups in total. The SMILES string of the molecule is COC(=O)CCC/C(=N\O)C(=O)OC. The minimum atomic E-state index is -0.697. The van der Waals surface area contributed by atoms with Crippen LogP contribution < -0.4 is 0 Å². The molecular formula is C8H13NO5. The summed E-state index contributed by atoms with van der Waals surface area (Å²) in [5, 5.41) is 11.2. The summed E-state index contributed by atoms with van der Waals surface area (Å²) in [5.41, 5.74) is -0.101. The quantitative estimate of drug-likeness (QED) is 0.301. The number of nitrogens with zero attached hydrogens (tertiary/aromatic N) is 1. The predicted octanol–water partition coefficient (Wildman–Crippen LogP) is 0.333. The van der Waals surface area contributed by atoms with E-state index in [1.165, 1.54) is 14.2 Å². The fourth-order valence-corrected chi connectivity index (χ4v) is 0.813. The summed E-state index contributed by atoms with van der Waals surface area (Å²) in [4.78, 5) is 21.5. The summed E-state index contributed by atoms with van der Waals surface area (Å²) in [6, 6.07) is 0. The van der Waals surface area contributed by atoms with Gasteiger partial charge in [0.2, 0.25) is 0 Å². The molecule has 0 spiro atoms. The van der Waals surface area contributed by atoms with Gasteiger partial charge < -0.3 is 14.7 Å². The third-order valence-electron chi connectivity index (χ3n) is 1.56. The Labute approximate surface area is 81.5 Å². The van der Waals surface area contributed by atoms with Crippen LogP contribution in [0.15, 0.2) is 5.16 Å². The first-order valence-electron chi connectivity index (χ1n) is 4.01. The summed E-state index contributed by atoms with van der Waals surface area (Å²) in [6.07, 6.45) is 0.728. The Balaban J connectivity index is 3.87. The lowest BCUT2D eigenvalue weighted by molar-refractivity contribution is -0.140. The van der Waals surface area contributed by atoms with Gasteiger partial charge in [-0.05, 0) is 6.42 Å². The van der Waals surface area contributed by atoms with Gasteiger partial charge >= 0.3 is 11.9 Å². The zero-order valence-electron chi connectivity index (χ0n) is 8.15. The van der Waals surface area contributed by atoms with Gasteiger partial charge in [-0.3, -0.25) is 4.79 Å². The minimum Gasteiger partial charge on any atom is -0.469 e. The maximum atomic E-state index is 10.9. The molecule has 6 heteroatoms. The molecule has 0 atom stereocenters. The van der Waals surface area contributed by atoms with E-state index in [0.717, 1.165) is 0 Å². The molecule has 0 saturated carbocycles. The summed E-state index contributed by atoms with van der Waals surface area (Å²) in [7, 11) is 2.47. The van der Waals surface area contributed by atoms with Crippen LogP contribution in [-0.2, 0) is 19.1 Å². The van der Waals surface area contributed by atoms with Crippen LogP contribution in [0, 0.1) is 0 Å². The molecule has 0 aromatic rings. The second-order valence-corrected chi connectivity index (χ2v) is 2.47. The fraction of sp³-hybridized carbons (Fsp3) is 0.625. The van der Waals surface area contributed by atoms with Crippen molar-refractivity contribution in [1.29, 1.82) is 0 Å². The normalized spacial score (nSPS) is 10.9. The van der Waals surface area contributed by atoms with Crippen molar-refractivity contribution in [3.8, 4) is 0 Å². The standard InChI is InChI=1S/C8H13NO5/c1-13-7(10)5-3-4-6(9-12)8(11)14-2/h12H,3-5H2,1-2H3/b9-6+. The second-order valence-electron chi connectivity index (χ2n) is 2.47. The number of methoxy groups -OCH3 is 2. The van der Waals surface area contributed by atoms with E-state index in [9.17, 15) is 9.59 Å². The number of carbonyl (C=O) groups excluding carboxylic acids is 2. The smallest absolute Gasteiger partial charge is 0.355 e. The highest BCUT2D eigenvalue weighted by molar-refractivity contribution is 6.36. The predicted molar refractivity (Wildman–Crippen MR) is 47.1 cm³/mol. The monoisotopic (exact) mass is 203 g/mol. The number of oxime groups is 1. The minimum absolute atomic E-state index is 0.101. The van der Waals surface area contributed by atoms with Crippen LogP contribution in [0.4, 0.5) is 0 Å². The van der Waals surface area contributed by atoms with Crippen LogP contribution in [0.2, 0.25) is 0 Å². The molecule has 0 rings (SSSR count). The van der Waals surface area contributed by atoms with Crippen molar-refractivity contribution in [3.05, 3.63) is 0 Å². The van der Waals surface area contributed by atoms with E-state index < -0.39 is 5.97 Å². The van der Waals surface area contributed by atoms with Gasteiger partial charge in [-0.25, -0.2) is 4.79 Å². The molecule has 0 aromatic heterocycles. The molecule has 80 valence electrons. The average Bonchev–Trinajstić information content (AvgIpc) is 2.22. The largest absolute Gasteiger partial charge is 0.469 e. The van der Waals surface area contributed by atoms with Gasteiger partial charge in [0, 0.05) is 12.8 Å². The van der Waals surface area contributed by atoms with E-state index >= 15 is 0 Å². The number of hydrogen-bond donors (Lipinski definition) is 1. The van der Waals surface area contributed by atoms with Crippen molar-refractivity contribution in [1.82, 2.24) is 0 Å². The number of esters is 2. The van der Waals surface area contributed by atoms with Gasteiger partial charge in [0.05, 0.1) is 14.2 Å². The molecule has 0 aliphatic heterocycles. The molecule has 0 radical (unpaired) electrons. The Morgan fingerprint density at radius 2 is 1.86 bits per heavy atom. The molecule has 0 aromatic carbocycles. The van der Waals surface area contributed by atoms with Crippen molar-refractivity contribution in [3.63, 3.8) is 0 Å². The lowest BCUT2D eigenvalue weighted by Gasteiger charge is -2.01. The Kier molecular flexibility index (Phi) is 6.09. The third kappa shape index (κ3) is 4.44. The molecule has 0 aliphatic carbocycles. The van der Waals surface area contributed by atoms with E-state index in [-0.39, 0.29) is 24.5 Å². The summed E-state index contributed by atoms with van der Waals surface area (Å²) in [6.45, 7) is 0. The summed E-state index contributed by atoms with van der Waals surface area (Å²) < 4.78 is 8.74. The van der Waals surface area contributed by atoms with Crippen molar-refractivity contribution >= 4 is 17.7 Å². The number of ether oxygens (including phenoxy) is 2. The van der Waals surface area contributed by atoms with Crippen molar-refractivity contribution in [2.24, 2.45) is 5.16 Å². The van der Waals surface area contributed by atoms with Crippen LogP contribution in [0.25, 0.3) is 0 Å². The van der Waals surface area contributed by atoms with E-state index in [1.807, 2.05) is 0 Å². The van der Waals surface area contributed by atoms with Crippen molar-refractivity contribution in [2.75, 3.05) is 14.2 Å². The molecular weight excluding hydrogens is 190 g/mol. The highest BCUT2D eigenvalue weighted by Crippen LogP contribution is 2.00. The first-order valence-corrected chi connectivity index (χ1v) is 4.01. The first-order chi connectivity index (χ1) is 6.65. The zero-order chi connectivity index (χ0) is 11.0. The third-order valence-corrected chi connectivity index (χ3v) is 1.56. The average molecular weight is 203 g/mol. The Hall–Kier alpha value is -1.59. The first kappa shape index (κ1) is 12.4. The fourth-order valence-electron chi connectivity index (χ4n) is 0.813. The maximum absolute atomic E-state index is 10.9. The van der Waals surface area contributed by atoms with Gasteiger partial charge in [-0.2, -0.15) is 0 Å². The van der Waals surface area contributed by atoms with E-state index in [2.05, 4.69) is 14.6 Å². The molecule has 0 amide bonds. The van der Waals surface area contributed by atoms with Gasteiger partial charge in [0.25, 0.3) is 0 Å². The van der Waals surface area contributed by atoms with E-state index in [0.29, 0.717) is 6.42 Å². The molecule has 0 saturated heterocycles. The number of hydrogen-bond acceptors (Lipinski definition) is 6. The van der Waals surface area contributed by atoms with Crippen LogP contribution in [0.3, 0.4) is 0 Å². The number of carbonyl (C=O) groups is 2. The van der Waals surface area contributed by atoms with Gasteiger partial charge in [-0.15, -0.1) is 0 Å². The van der Waals surface area contributed by atoms with Crippen LogP contribution >= 0.6 is 0 Å². The lowest BCUT2D eigenvalue weighted by atomic mass is 10.1. The Morgan fingerprint density at radius 1 is 1.21 bits per heavy atom. The van der Waals surface area contributed by atoms with Crippen LogP contribution in [0.1, 0.15) is 19.3 Å². The maximum Gasteiger partial charge on any atom is 0.355 e. The molecule has 6 nitrogen and oxygen atoms in total. The van der Waals surface area contributed by atoms with Crippen molar-refractivity contribution in [2.45, 2.75) is 19.3 Å². The van der Waals surface area contributed by atoms with Crippen molar-refractivity contribution < 1.29 is 24.3 Å². The Bertz CT molecular complexity index is 236. The molecule has 0 unspecified atom stereocenters. The topological polar surface area (TPSA) is 85.2 Å². The van der Waals surface area contributed by atoms with E-state index in [1.54, 1.807) is 0 Å². The molecule has 14 heavy (non-hydrogen) atoms. The second kappa shape index (κ2) is 6.88. The van der Waals surface area contributed by atoms with Gasteiger partial charge in [0.15, 0.2) is 5.71 Å². The van der Waals surface area contributed by atoms with Crippen LogP contribution in [0.5, 0.6) is 0 Å². The van der Waals surface area contributed by atoms with Gasteiger partial charge in [-0.1, -0.05) is 5.16 Å². The molecule has 0 aliphatic rings. The van der Waals surface area contributed by atoms with Crippen LogP contribution in [-0.4, -0.2) is 37.1 Å². The lowest BCUT2D eigenvalue weighted by Crippen LogP contribution is -2.16.